The molecule has 296 valence electrons. The lowest BCUT2D eigenvalue weighted by Gasteiger charge is -2.16. The molecule has 0 atom stereocenters. The summed E-state index contributed by atoms with van der Waals surface area (Å²) in [6.45, 7) is 0. The summed E-state index contributed by atoms with van der Waals surface area (Å²) in [7, 11) is 0. The number of hydrogen-bond acceptors (Lipinski definition) is 4. The minimum Gasteiger partial charge on any atom is -0.208 e. The highest BCUT2D eigenvalue weighted by molar-refractivity contribution is 6.22. The van der Waals surface area contributed by atoms with Gasteiger partial charge in [-0.2, -0.15) is 5.26 Å². The van der Waals surface area contributed by atoms with Crippen LogP contribution in [0.5, 0.6) is 0 Å². The lowest BCUT2D eigenvalue weighted by atomic mass is 9.87. The van der Waals surface area contributed by atoms with E-state index in [1.165, 1.54) is 49.7 Å². The predicted molar refractivity (Wildman–Crippen MR) is 262 cm³/mol. The highest BCUT2D eigenvalue weighted by Gasteiger charge is 2.25. The second kappa shape index (κ2) is 15.3. The van der Waals surface area contributed by atoms with Crippen molar-refractivity contribution in [3.63, 3.8) is 0 Å². The van der Waals surface area contributed by atoms with Crippen molar-refractivity contribution < 1.29 is 0 Å². The summed E-state index contributed by atoms with van der Waals surface area (Å²) in [5, 5.41) is 14.2. The molecule has 0 aliphatic heterocycles. The average Bonchev–Trinajstić information content (AvgIpc) is 3.71. The molecule has 10 aromatic carbocycles. The molecule has 1 heterocycles. The number of rotatable bonds is 7. The average molecular weight is 813 g/mol. The van der Waals surface area contributed by atoms with Crippen LogP contribution in [0.2, 0.25) is 0 Å². The van der Waals surface area contributed by atoms with Gasteiger partial charge in [0, 0.05) is 16.7 Å². The van der Waals surface area contributed by atoms with Crippen LogP contribution < -0.4 is 0 Å². The van der Waals surface area contributed by atoms with Crippen LogP contribution in [0.15, 0.2) is 218 Å². The van der Waals surface area contributed by atoms with E-state index in [0.717, 1.165) is 55.3 Å². The van der Waals surface area contributed by atoms with E-state index in [1.807, 2.05) is 72.8 Å². The van der Waals surface area contributed by atoms with Crippen molar-refractivity contribution >= 4 is 21.5 Å². The van der Waals surface area contributed by atoms with Gasteiger partial charge < -0.3 is 0 Å². The maximum atomic E-state index is 9.51. The Labute approximate surface area is 371 Å². The molecule has 0 fully saturated rings. The van der Waals surface area contributed by atoms with Crippen LogP contribution in [0.25, 0.3) is 122 Å². The van der Waals surface area contributed by atoms with Crippen LogP contribution in [0.3, 0.4) is 0 Å². The monoisotopic (exact) mass is 812 g/mol. The van der Waals surface area contributed by atoms with Crippen molar-refractivity contribution in [1.29, 1.82) is 5.26 Å². The summed E-state index contributed by atoms with van der Waals surface area (Å²) in [4.78, 5) is 14.7. The van der Waals surface area contributed by atoms with Gasteiger partial charge in [-0.1, -0.05) is 194 Å². The van der Waals surface area contributed by atoms with E-state index in [-0.39, 0.29) is 0 Å². The number of nitriles is 1. The number of fused-ring (bicyclic) bond motifs is 4. The zero-order valence-corrected chi connectivity index (χ0v) is 34.6. The van der Waals surface area contributed by atoms with Crippen molar-refractivity contribution in [3.05, 3.63) is 224 Å². The third kappa shape index (κ3) is 6.43. The smallest absolute Gasteiger partial charge is 0.164 e. The normalized spacial score (nSPS) is 11.4. The first-order valence-corrected chi connectivity index (χ1v) is 21.5. The Hall–Kier alpha value is -8.78. The van der Waals surface area contributed by atoms with Crippen molar-refractivity contribution in [1.82, 2.24) is 15.0 Å². The second-order valence-electron chi connectivity index (χ2n) is 16.3. The molecule has 12 rings (SSSR count). The molecule has 0 bridgehead atoms. The highest BCUT2D eigenvalue weighted by atomic mass is 15.0. The van der Waals surface area contributed by atoms with Gasteiger partial charge in [0.25, 0.3) is 0 Å². The van der Waals surface area contributed by atoms with Gasteiger partial charge >= 0.3 is 0 Å². The molecule has 1 aliphatic rings. The molecule has 0 N–H and O–H groups in total. The Morgan fingerprint density at radius 3 is 1.23 bits per heavy atom. The molecule has 4 heteroatoms. The number of nitrogens with zero attached hydrogens (tertiary/aromatic N) is 4. The largest absolute Gasteiger partial charge is 0.208 e. The number of hydrogen-bond donors (Lipinski definition) is 0. The topological polar surface area (TPSA) is 62.5 Å². The third-order valence-corrected chi connectivity index (χ3v) is 12.5. The van der Waals surface area contributed by atoms with Gasteiger partial charge in [0.2, 0.25) is 0 Å². The fourth-order valence-corrected chi connectivity index (χ4v) is 9.33. The van der Waals surface area contributed by atoms with E-state index in [2.05, 4.69) is 152 Å². The van der Waals surface area contributed by atoms with Crippen molar-refractivity contribution in [2.75, 3.05) is 0 Å². The van der Waals surface area contributed by atoms with Gasteiger partial charge in [0.15, 0.2) is 17.5 Å². The fourth-order valence-electron chi connectivity index (χ4n) is 9.33. The van der Waals surface area contributed by atoms with Gasteiger partial charge in [-0.25, -0.2) is 15.0 Å². The molecule has 0 unspecified atom stereocenters. The lowest BCUT2D eigenvalue weighted by Crippen LogP contribution is -2.00. The van der Waals surface area contributed by atoms with E-state index in [0.29, 0.717) is 23.0 Å². The van der Waals surface area contributed by atoms with Gasteiger partial charge in [0.05, 0.1) is 11.6 Å². The molecule has 0 saturated carbocycles. The summed E-state index contributed by atoms with van der Waals surface area (Å²) in [5.41, 5.74) is 17.9. The zero-order chi connectivity index (χ0) is 42.6. The van der Waals surface area contributed by atoms with E-state index in [1.54, 1.807) is 0 Å². The molecule has 0 spiro atoms. The summed E-state index contributed by atoms with van der Waals surface area (Å²) in [6, 6.07) is 79.1. The lowest BCUT2D eigenvalue weighted by molar-refractivity contribution is 1.07. The maximum Gasteiger partial charge on any atom is 0.164 e. The van der Waals surface area contributed by atoms with Crippen molar-refractivity contribution in [2.45, 2.75) is 0 Å². The quantitative estimate of drug-likeness (QED) is 0.161. The molecule has 11 aromatic rings. The Balaban J connectivity index is 0.889. The molecule has 0 radical (unpaired) electrons. The van der Waals surface area contributed by atoms with Gasteiger partial charge in [-0.05, 0) is 113 Å². The van der Waals surface area contributed by atoms with Crippen LogP contribution in [-0.2, 0) is 0 Å². The minimum atomic E-state index is 0.636. The summed E-state index contributed by atoms with van der Waals surface area (Å²) < 4.78 is 0. The second-order valence-corrected chi connectivity index (χ2v) is 16.3. The van der Waals surface area contributed by atoms with Crippen molar-refractivity contribution in [2.24, 2.45) is 0 Å². The minimum absolute atomic E-state index is 0.636. The van der Waals surface area contributed by atoms with Crippen molar-refractivity contribution in [3.8, 4) is 107 Å². The molecule has 0 amide bonds. The van der Waals surface area contributed by atoms with E-state index >= 15 is 0 Å². The summed E-state index contributed by atoms with van der Waals surface area (Å²) in [5.74, 6) is 1.93. The Morgan fingerprint density at radius 1 is 0.266 bits per heavy atom. The summed E-state index contributed by atoms with van der Waals surface area (Å²) >= 11 is 0. The molecule has 4 nitrogen and oxygen atoms in total. The standard InChI is InChI=1S/C60H36N4/c61-37-38-18-19-48-36-49(29-28-47(48)34-38)51-31-33-55-53-17-8-7-16-52(53)54-32-30-50(56(51)57(54)55)41-24-20-39(21-25-41)45-14-9-15-46(35-45)40-22-26-44(27-23-40)60-63-58(42-10-3-1-4-11-42)62-59(64-60)43-12-5-2-6-13-43/h1-36H. The molecule has 1 aliphatic carbocycles. The van der Waals surface area contributed by atoms with E-state index in [9.17, 15) is 5.26 Å². The Bertz CT molecular complexity index is 3560. The molecule has 64 heavy (non-hydrogen) atoms. The molecular formula is C60H36N4. The first kappa shape index (κ1) is 37.0. The van der Waals surface area contributed by atoms with E-state index < -0.39 is 0 Å². The van der Waals surface area contributed by atoms with E-state index in [4.69, 9.17) is 15.0 Å². The Kier molecular flexibility index (Phi) is 8.84. The first-order valence-electron chi connectivity index (χ1n) is 21.5. The predicted octanol–water partition coefficient (Wildman–Crippen LogP) is 15.4. The highest BCUT2D eigenvalue weighted by Crippen LogP contribution is 2.52. The van der Waals surface area contributed by atoms with Crippen LogP contribution in [0, 0.1) is 11.3 Å². The number of aromatic nitrogens is 3. The molecule has 1 aromatic heterocycles. The van der Waals surface area contributed by atoms with Gasteiger partial charge in [-0.15, -0.1) is 0 Å². The zero-order valence-electron chi connectivity index (χ0n) is 34.6. The third-order valence-electron chi connectivity index (χ3n) is 12.5. The SMILES string of the molecule is N#Cc1ccc2cc(-c3ccc4c5c(ccc(-c6ccc(-c7cccc(-c8ccc(-c9nc(-c%10ccccc%10)nc(-c%10ccccc%10)n9)cc8)c7)cc6)c35)-c3ccccc3-4)ccc2c1. The maximum absolute atomic E-state index is 9.51. The van der Waals surface area contributed by atoms with Crippen LogP contribution >= 0.6 is 0 Å². The van der Waals surface area contributed by atoms with Crippen LogP contribution in [-0.4, -0.2) is 15.0 Å². The molecule has 0 saturated heterocycles. The van der Waals surface area contributed by atoms with Crippen LogP contribution in [0.4, 0.5) is 0 Å². The van der Waals surface area contributed by atoms with Gasteiger partial charge in [0.1, 0.15) is 0 Å². The first-order chi connectivity index (χ1) is 31.6. The molecular weight excluding hydrogens is 777 g/mol. The van der Waals surface area contributed by atoms with Gasteiger partial charge in [-0.3, -0.25) is 0 Å². The Morgan fingerprint density at radius 2 is 0.672 bits per heavy atom. The summed E-state index contributed by atoms with van der Waals surface area (Å²) in [6.07, 6.45) is 0. The number of benzene rings is 10. The van der Waals surface area contributed by atoms with Crippen LogP contribution in [0.1, 0.15) is 5.56 Å². The fraction of sp³-hybridized carbons (Fsp3) is 0.